The Bertz CT molecular complexity index is 598. The highest BCUT2D eigenvalue weighted by Crippen LogP contribution is 2.36. The minimum atomic E-state index is -1.25. The van der Waals surface area contributed by atoms with E-state index in [1.165, 1.54) is 0 Å². The van der Waals surface area contributed by atoms with Gasteiger partial charge in [-0.15, -0.1) is 0 Å². The van der Waals surface area contributed by atoms with Gasteiger partial charge in [0.2, 0.25) is 0 Å². The van der Waals surface area contributed by atoms with Gasteiger partial charge in [0.1, 0.15) is 5.75 Å². The van der Waals surface area contributed by atoms with Gasteiger partial charge in [0.05, 0.1) is 15.7 Å². The highest BCUT2D eigenvalue weighted by Gasteiger charge is 2.24. The van der Waals surface area contributed by atoms with Crippen LogP contribution in [0.25, 0.3) is 11.1 Å². The lowest BCUT2D eigenvalue weighted by molar-refractivity contribution is 0.462. The van der Waals surface area contributed by atoms with Crippen molar-refractivity contribution in [2.75, 3.05) is 0 Å². The summed E-state index contributed by atoms with van der Waals surface area (Å²) in [5.74, 6) is 0.113. The second kappa shape index (κ2) is 5.17. The number of hydrogen-bond acceptors (Lipinski definition) is 2. The van der Waals surface area contributed by atoms with Crippen LogP contribution in [0, 0.1) is 0 Å². The molecule has 0 fully saturated rings. The van der Waals surface area contributed by atoms with Crippen molar-refractivity contribution in [3.05, 3.63) is 48.5 Å². The van der Waals surface area contributed by atoms with Gasteiger partial charge in [0, 0.05) is 10.3 Å². The zero-order valence-corrected chi connectivity index (χ0v) is 12.2. The molecule has 0 spiro atoms. The lowest BCUT2D eigenvalue weighted by Crippen LogP contribution is -2.21. The Labute approximate surface area is 116 Å². The van der Waals surface area contributed by atoms with Gasteiger partial charge in [-0.1, -0.05) is 42.5 Å². The third kappa shape index (κ3) is 2.87. The Morgan fingerprint density at radius 1 is 0.947 bits per heavy atom. The number of hydrogen-bond donors (Lipinski definition) is 1. The van der Waals surface area contributed by atoms with Crippen molar-refractivity contribution in [3.8, 4) is 16.9 Å². The summed E-state index contributed by atoms with van der Waals surface area (Å²) in [5, 5.41) is 10.4. The van der Waals surface area contributed by atoms with Crippen molar-refractivity contribution in [1.82, 2.24) is 0 Å². The van der Waals surface area contributed by atoms with Crippen LogP contribution in [-0.4, -0.2) is 14.1 Å². The van der Waals surface area contributed by atoms with Gasteiger partial charge >= 0.3 is 0 Å². The molecule has 0 amide bonds. The van der Waals surface area contributed by atoms with E-state index in [-0.39, 0.29) is 5.75 Å². The summed E-state index contributed by atoms with van der Waals surface area (Å²) in [5.41, 5.74) is 1.64. The molecule has 19 heavy (non-hydrogen) atoms. The van der Waals surface area contributed by atoms with Gasteiger partial charge in [0.15, 0.2) is 0 Å². The van der Waals surface area contributed by atoms with Crippen LogP contribution in [0.15, 0.2) is 53.4 Å². The van der Waals surface area contributed by atoms with Crippen LogP contribution in [0.3, 0.4) is 0 Å². The van der Waals surface area contributed by atoms with Crippen molar-refractivity contribution in [3.63, 3.8) is 0 Å². The lowest BCUT2D eigenvalue weighted by atomic mass is 10.1. The Morgan fingerprint density at radius 3 is 2.16 bits per heavy atom. The van der Waals surface area contributed by atoms with Gasteiger partial charge < -0.3 is 5.11 Å². The Kier molecular flexibility index (Phi) is 3.76. The third-order valence-corrected chi connectivity index (χ3v) is 4.68. The monoisotopic (exact) mass is 274 g/mol. The molecule has 0 aliphatic heterocycles. The summed E-state index contributed by atoms with van der Waals surface area (Å²) >= 11 is 0. The molecule has 1 N–H and O–H groups in total. The van der Waals surface area contributed by atoms with Gasteiger partial charge in [-0.3, -0.25) is 4.21 Å². The molecule has 1 atom stereocenters. The summed E-state index contributed by atoms with van der Waals surface area (Å²) in [4.78, 5) is 0.494. The molecule has 2 aromatic rings. The zero-order chi connectivity index (χ0) is 14.0. The van der Waals surface area contributed by atoms with E-state index >= 15 is 0 Å². The fourth-order valence-corrected chi connectivity index (χ4v) is 3.00. The van der Waals surface area contributed by atoms with Crippen molar-refractivity contribution in [1.29, 1.82) is 0 Å². The number of phenols is 1. The number of phenolic OH excluding ortho intramolecular Hbond substituents is 1. The minimum Gasteiger partial charge on any atom is -0.506 e. The first kappa shape index (κ1) is 13.8. The number of rotatable bonds is 2. The van der Waals surface area contributed by atoms with E-state index in [1.807, 2.05) is 63.2 Å². The molecule has 0 saturated carbocycles. The summed E-state index contributed by atoms with van der Waals surface area (Å²) in [6.07, 6.45) is 0. The molecular formula is C16H18O2S. The fourth-order valence-electron chi connectivity index (χ4n) is 1.85. The second-order valence-electron chi connectivity index (χ2n) is 5.40. The van der Waals surface area contributed by atoms with E-state index in [0.29, 0.717) is 4.90 Å². The predicted molar refractivity (Wildman–Crippen MR) is 79.7 cm³/mol. The minimum absolute atomic E-state index is 0.113. The van der Waals surface area contributed by atoms with E-state index in [1.54, 1.807) is 6.07 Å². The quantitative estimate of drug-likeness (QED) is 0.900. The van der Waals surface area contributed by atoms with E-state index < -0.39 is 15.5 Å². The molecule has 0 saturated heterocycles. The van der Waals surface area contributed by atoms with Crippen LogP contribution < -0.4 is 0 Å². The molecule has 3 heteroatoms. The van der Waals surface area contributed by atoms with Gasteiger partial charge in [-0.2, -0.15) is 0 Å². The topological polar surface area (TPSA) is 37.3 Å². The SMILES string of the molecule is CC(C)(C)S(=O)c1cccc(-c2ccccc2)c1O. The number of para-hydroxylation sites is 1. The molecule has 0 aromatic heterocycles. The summed E-state index contributed by atoms with van der Waals surface area (Å²) in [7, 11) is -1.25. The van der Waals surface area contributed by atoms with Crippen molar-refractivity contribution in [2.24, 2.45) is 0 Å². The first-order valence-electron chi connectivity index (χ1n) is 6.20. The van der Waals surface area contributed by atoms with Gasteiger partial charge in [-0.25, -0.2) is 0 Å². The van der Waals surface area contributed by atoms with E-state index in [4.69, 9.17) is 0 Å². The molecule has 2 nitrogen and oxygen atoms in total. The highest BCUT2D eigenvalue weighted by atomic mass is 32.2. The summed E-state index contributed by atoms with van der Waals surface area (Å²) in [6.45, 7) is 5.70. The Morgan fingerprint density at radius 2 is 1.58 bits per heavy atom. The first-order valence-corrected chi connectivity index (χ1v) is 7.35. The molecule has 0 heterocycles. The maximum atomic E-state index is 12.4. The molecule has 2 rings (SSSR count). The molecule has 0 aliphatic rings. The summed E-state index contributed by atoms with van der Waals surface area (Å²) < 4.78 is 12.0. The first-order chi connectivity index (χ1) is 8.91. The van der Waals surface area contributed by atoms with Crippen LogP contribution in [0.2, 0.25) is 0 Å². The van der Waals surface area contributed by atoms with Crippen LogP contribution >= 0.6 is 0 Å². The van der Waals surface area contributed by atoms with Gasteiger partial charge in [0.25, 0.3) is 0 Å². The molecule has 1 unspecified atom stereocenters. The summed E-state index contributed by atoms with van der Waals surface area (Å²) in [6, 6.07) is 15.0. The van der Waals surface area contributed by atoms with E-state index in [2.05, 4.69) is 0 Å². The fraction of sp³-hybridized carbons (Fsp3) is 0.250. The third-order valence-electron chi connectivity index (χ3n) is 2.84. The van der Waals surface area contributed by atoms with Gasteiger partial charge in [-0.05, 0) is 32.4 Å². The normalized spacial score (nSPS) is 13.2. The molecule has 2 aromatic carbocycles. The van der Waals surface area contributed by atoms with Crippen molar-refractivity contribution < 1.29 is 9.32 Å². The average Bonchev–Trinajstić information content (AvgIpc) is 2.38. The molecular weight excluding hydrogens is 256 g/mol. The molecule has 0 bridgehead atoms. The highest BCUT2D eigenvalue weighted by molar-refractivity contribution is 7.86. The van der Waals surface area contributed by atoms with Crippen LogP contribution in [0.4, 0.5) is 0 Å². The van der Waals surface area contributed by atoms with E-state index in [0.717, 1.165) is 11.1 Å². The van der Waals surface area contributed by atoms with Crippen molar-refractivity contribution >= 4 is 10.8 Å². The Balaban J connectivity index is 2.54. The number of benzene rings is 2. The van der Waals surface area contributed by atoms with Crippen LogP contribution in [0.1, 0.15) is 20.8 Å². The number of aromatic hydroxyl groups is 1. The Hall–Kier alpha value is -1.61. The van der Waals surface area contributed by atoms with Crippen LogP contribution in [0.5, 0.6) is 5.75 Å². The lowest BCUT2D eigenvalue weighted by Gasteiger charge is -2.19. The average molecular weight is 274 g/mol. The smallest absolute Gasteiger partial charge is 0.139 e. The van der Waals surface area contributed by atoms with E-state index in [9.17, 15) is 9.32 Å². The maximum Gasteiger partial charge on any atom is 0.139 e. The largest absolute Gasteiger partial charge is 0.506 e. The molecule has 0 aliphatic carbocycles. The van der Waals surface area contributed by atoms with Crippen molar-refractivity contribution in [2.45, 2.75) is 30.4 Å². The second-order valence-corrected chi connectivity index (χ2v) is 7.60. The molecule has 100 valence electrons. The zero-order valence-electron chi connectivity index (χ0n) is 11.4. The predicted octanol–water partition coefficient (Wildman–Crippen LogP) is 3.97. The van der Waals surface area contributed by atoms with Crippen LogP contribution in [-0.2, 0) is 10.8 Å². The maximum absolute atomic E-state index is 12.4. The standard InChI is InChI=1S/C16H18O2S/c1-16(2,3)19(18)14-11-7-10-13(15(14)17)12-8-5-4-6-9-12/h4-11,17H,1-3H3. The molecule has 0 radical (unpaired) electrons.